The minimum Gasteiger partial charge on any atom is -0.392 e. The van der Waals surface area contributed by atoms with Gasteiger partial charge in [-0.3, -0.25) is 9.69 Å². The summed E-state index contributed by atoms with van der Waals surface area (Å²) in [7, 11) is 1.73. The maximum absolute atomic E-state index is 12.8. The Morgan fingerprint density at radius 2 is 2.16 bits per heavy atom. The molecule has 1 N–H and O–H groups in total. The van der Waals surface area contributed by atoms with Crippen molar-refractivity contribution in [3.63, 3.8) is 0 Å². The van der Waals surface area contributed by atoms with E-state index < -0.39 is 0 Å². The third-order valence-corrected chi connectivity index (χ3v) is 3.37. The van der Waals surface area contributed by atoms with Gasteiger partial charge in [0, 0.05) is 26.7 Å². The van der Waals surface area contributed by atoms with Crippen molar-refractivity contribution in [3.05, 3.63) is 35.6 Å². The van der Waals surface area contributed by atoms with Crippen LogP contribution in [-0.2, 0) is 11.3 Å². The molecule has 1 saturated heterocycles. The van der Waals surface area contributed by atoms with Crippen molar-refractivity contribution in [1.29, 1.82) is 0 Å². The Labute approximate surface area is 112 Å². The van der Waals surface area contributed by atoms with Gasteiger partial charge >= 0.3 is 0 Å². The lowest BCUT2D eigenvalue weighted by Gasteiger charge is -2.21. The van der Waals surface area contributed by atoms with Crippen LogP contribution in [0.1, 0.15) is 12.0 Å². The summed E-state index contributed by atoms with van der Waals surface area (Å²) in [5, 5.41) is 9.41. The van der Waals surface area contributed by atoms with Crippen LogP contribution in [0.3, 0.4) is 0 Å². The number of amides is 1. The molecule has 0 radical (unpaired) electrons. The summed E-state index contributed by atoms with van der Waals surface area (Å²) < 4.78 is 12.8. The quantitative estimate of drug-likeness (QED) is 0.878. The SMILES string of the molecule is CN(Cc1ccc(F)cc1)C(=O)CN1CC[C@H](O)C1. The number of likely N-dealkylation sites (N-methyl/N-ethyl adjacent to an activating group) is 1. The number of carbonyl (C=O) groups excluding carboxylic acids is 1. The largest absolute Gasteiger partial charge is 0.392 e. The number of carbonyl (C=O) groups is 1. The van der Waals surface area contributed by atoms with Gasteiger partial charge in [0.15, 0.2) is 0 Å². The van der Waals surface area contributed by atoms with Crippen LogP contribution in [0.2, 0.25) is 0 Å². The molecule has 0 unspecified atom stereocenters. The number of hydrogen-bond donors (Lipinski definition) is 1. The van der Waals surface area contributed by atoms with Crippen LogP contribution in [-0.4, -0.2) is 53.6 Å². The maximum Gasteiger partial charge on any atom is 0.236 e. The highest BCUT2D eigenvalue weighted by molar-refractivity contribution is 5.78. The first-order valence-corrected chi connectivity index (χ1v) is 6.43. The molecule has 1 aromatic carbocycles. The van der Waals surface area contributed by atoms with Gasteiger partial charge in [0.25, 0.3) is 0 Å². The van der Waals surface area contributed by atoms with Gasteiger partial charge < -0.3 is 10.0 Å². The summed E-state index contributed by atoms with van der Waals surface area (Å²) in [6.07, 6.45) is 0.421. The van der Waals surface area contributed by atoms with Gasteiger partial charge in [0.1, 0.15) is 5.82 Å². The summed E-state index contributed by atoms with van der Waals surface area (Å²) in [4.78, 5) is 15.6. The van der Waals surface area contributed by atoms with E-state index in [1.807, 2.05) is 4.90 Å². The van der Waals surface area contributed by atoms with Gasteiger partial charge in [0.2, 0.25) is 5.91 Å². The molecule has 0 spiro atoms. The fourth-order valence-corrected chi connectivity index (χ4v) is 2.22. The van der Waals surface area contributed by atoms with Gasteiger partial charge in [0.05, 0.1) is 12.6 Å². The van der Waals surface area contributed by atoms with Crippen molar-refractivity contribution in [3.8, 4) is 0 Å². The summed E-state index contributed by atoms with van der Waals surface area (Å²) in [6, 6.07) is 6.15. The van der Waals surface area contributed by atoms with Crippen molar-refractivity contribution >= 4 is 5.91 Å². The van der Waals surface area contributed by atoms with E-state index in [9.17, 15) is 14.3 Å². The predicted octanol–water partition coefficient (Wildman–Crippen LogP) is 0.851. The van der Waals surface area contributed by atoms with E-state index in [2.05, 4.69) is 0 Å². The first-order valence-electron chi connectivity index (χ1n) is 6.43. The molecule has 5 heteroatoms. The average Bonchev–Trinajstić information content (AvgIpc) is 2.77. The van der Waals surface area contributed by atoms with Crippen molar-refractivity contribution in [1.82, 2.24) is 9.80 Å². The molecule has 1 aliphatic heterocycles. The van der Waals surface area contributed by atoms with E-state index >= 15 is 0 Å². The fraction of sp³-hybridized carbons (Fsp3) is 0.500. The number of benzene rings is 1. The molecular weight excluding hydrogens is 247 g/mol. The zero-order chi connectivity index (χ0) is 13.8. The van der Waals surface area contributed by atoms with Gasteiger partial charge in [-0.1, -0.05) is 12.1 Å². The Morgan fingerprint density at radius 3 is 2.74 bits per heavy atom. The summed E-state index contributed by atoms with van der Waals surface area (Å²) in [5.41, 5.74) is 0.902. The molecular formula is C14H19FN2O2. The van der Waals surface area contributed by atoms with Crippen LogP contribution in [0.4, 0.5) is 4.39 Å². The normalized spacial score (nSPS) is 19.6. The number of rotatable bonds is 4. The summed E-state index contributed by atoms with van der Waals surface area (Å²) >= 11 is 0. The first kappa shape index (κ1) is 14.0. The minimum absolute atomic E-state index is 0.0124. The van der Waals surface area contributed by atoms with E-state index in [0.29, 0.717) is 19.6 Å². The Hall–Kier alpha value is -1.46. The predicted molar refractivity (Wildman–Crippen MR) is 69.9 cm³/mol. The molecule has 1 heterocycles. The summed E-state index contributed by atoms with van der Waals surface area (Å²) in [6.45, 7) is 2.12. The van der Waals surface area contributed by atoms with Gasteiger partial charge in [-0.2, -0.15) is 0 Å². The van der Waals surface area contributed by atoms with E-state index in [1.54, 1.807) is 24.1 Å². The Morgan fingerprint density at radius 1 is 1.47 bits per heavy atom. The Balaban J connectivity index is 1.83. The van der Waals surface area contributed by atoms with Crippen LogP contribution in [0.25, 0.3) is 0 Å². The molecule has 2 rings (SSSR count). The highest BCUT2D eigenvalue weighted by Crippen LogP contribution is 2.10. The standard InChI is InChI=1S/C14H19FN2O2/c1-16(8-11-2-4-12(15)5-3-11)14(19)10-17-7-6-13(18)9-17/h2-5,13,18H,6-10H2,1H3/t13-/m0/s1. The molecule has 104 valence electrons. The van der Waals surface area contributed by atoms with Crippen LogP contribution in [0.5, 0.6) is 0 Å². The van der Waals surface area contributed by atoms with E-state index in [0.717, 1.165) is 18.5 Å². The molecule has 0 saturated carbocycles. The monoisotopic (exact) mass is 266 g/mol. The molecule has 0 aromatic heterocycles. The van der Waals surface area contributed by atoms with Crippen molar-refractivity contribution in [2.75, 3.05) is 26.7 Å². The fourth-order valence-electron chi connectivity index (χ4n) is 2.22. The molecule has 1 atom stereocenters. The number of β-amino-alcohol motifs (C(OH)–C–C–N with tert-alkyl or cyclic N) is 1. The zero-order valence-electron chi connectivity index (χ0n) is 11.1. The van der Waals surface area contributed by atoms with Crippen molar-refractivity contribution in [2.24, 2.45) is 0 Å². The van der Waals surface area contributed by atoms with Gasteiger partial charge in [-0.05, 0) is 24.1 Å². The molecule has 19 heavy (non-hydrogen) atoms. The zero-order valence-corrected chi connectivity index (χ0v) is 11.1. The minimum atomic E-state index is -0.310. The van der Waals surface area contributed by atoms with Crippen LogP contribution in [0.15, 0.2) is 24.3 Å². The Kier molecular flexibility index (Phi) is 4.50. The smallest absolute Gasteiger partial charge is 0.236 e. The molecule has 1 amide bonds. The molecule has 0 bridgehead atoms. The number of aliphatic hydroxyl groups excluding tert-OH is 1. The molecule has 4 nitrogen and oxygen atoms in total. The third-order valence-electron chi connectivity index (χ3n) is 3.37. The lowest BCUT2D eigenvalue weighted by molar-refractivity contribution is -0.131. The number of halogens is 1. The second-order valence-electron chi connectivity index (χ2n) is 5.05. The Bertz CT molecular complexity index is 436. The average molecular weight is 266 g/mol. The van der Waals surface area contributed by atoms with Gasteiger partial charge in [-0.15, -0.1) is 0 Å². The number of nitrogens with zero attached hydrogens (tertiary/aromatic N) is 2. The van der Waals surface area contributed by atoms with E-state index in [-0.39, 0.29) is 17.8 Å². The number of hydrogen-bond acceptors (Lipinski definition) is 3. The van der Waals surface area contributed by atoms with E-state index in [4.69, 9.17) is 0 Å². The van der Waals surface area contributed by atoms with Crippen molar-refractivity contribution in [2.45, 2.75) is 19.1 Å². The number of likely N-dealkylation sites (tertiary alicyclic amines) is 1. The summed E-state index contributed by atoms with van der Waals surface area (Å²) in [5.74, 6) is -0.262. The van der Waals surface area contributed by atoms with Crippen LogP contribution >= 0.6 is 0 Å². The second kappa shape index (κ2) is 6.12. The second-order valence-corrected chi connectivity index (χ2v) is 5.05. The molecule has 1 fully saturated rings. The van der Waals surface area contributed by atoms with Gasteiger partial charge in [-0.25, -0.2) is 4.39 Å². The van der Waals surface area contributed by atoms with E-state index in [1.165, 1.54) is 12.1 Å². The molecule has 1 aliphatic rings. The maximum atomic E-state index is 12.8. The highest BCUT2D eigenvalue weighted by atomic mass is 19.1. The topological polar surface area (TPSA) is 43.8 Å². The molecule has 0 aliphatic carbocycles. The first-order chi connectivity index (χ1) is 9.04. The van der Waals surface area contributed by atoms with Crippen molar-refractivity contribution < 1.29 is 14.3 Å². The number of aliphatic hydroxyl groups is 1. The van der Waals surface area contributed by atoms with Crippen LogP contribution < -0.4 is 0 Å². The van der Waals surface area contributed by atoms with Crippen LogP contribution in [0, 0.1) is 5.82 Å². The third kappa shape index (κ3) is 4.01. The highest BCUT2D eigenvalue weighted by Gasteiger charge is 2.23. The lowest BCUT2D eigenvalue weighted by atomic mass is 10.2. The lowest BCUT2D eigenvalue weighted by Crippen LogP contribution is -2.37. The molecule has 1 aromatic rings.